The predicted octanol–water partition coefficient (Wildman–Crippen LogP) is 2.65. The molecule has 3 heterocycles. The van der Waals surface area contributed by atoms with Crippen molar-refractivity contribution in [2.24, 2.45) is 5.92 Å². The number of H-pyrrole nitrogens is 1. The van der Waals surface area contributed by atoms with Gasteiger partial charge in [0.15, 0.2) is 5.65 Å². The number of anilines is 1. The highest BCUT2D eigenvalue weighted by molar-refractivity contribution is 6.11. The van der Waals surface area contributed by atoms with E-state index in [4.69, 9.17) is 4.98 Å². The van der Waals surface area contributed by atoms with E-state index in [9.17, 15) is 4.79 Å². The lowest BCUT2D eigenvalue weighted by molar-refractivity contribution is 0.102. The third-order valence-corrected chi connectivity index (χ3v) is 5.16. The molecule has 3 aromatic heterocycles. The number of aromatic nitrogens is 6. The molecular formula is C17H19N7O. The number of fused-ring (bicyclic) bond motifs is 1. The first-order valence-corrected chi connectivity index (χ1v) is 8.75. The third kappa shape index (κ3) is 2.57. The Hall–Kier alpha value is -2.77. The maximum absolute atomic E-state index is 12.8. The summed E-state index contributed by atoms with van der Waals surface area (Å²) in [7, 11) is 0. The second kappa shape index (κ2) is 5.37. The van der Waals surface area contributed by atoms with Crippen LogP contribution in [0.2, 0.25) is 0 Å². The van der Waals surface area contributed by atoms with Gasteiger partial charge < -0.3 is 0 Å². The molecule has 2 N–H and O–H groups in total. The fourth-order valence-corrected chi connectivity index (χ4v) is 3.33. The van der Waals surface area contributed by atoms with Crippen molar-refractivity contribution in [3.05, 3.63) is 29.8 Å². The van der Waals surface area contributed by atoms with Gasteiger partial charge in [0.25, 0.3) is 5.91 Å². The van der Waals surface area contributed by atoms with Crippen LogP contribution in [0, 0.1) is 5.92 Å². The quantitative estimate of drug-likeness (QED) is 0.745. The maximum atomic E-state index is 12.8. The number of nitrogens with one attached hydrogen (secondary N) is 2. The highest BCUT2D eigenvalue weighted by atomic mass is 16.1. The molecule has 128 valence electrons. The molecule has 0 spiro atoms. The van der Waals surface area contributed by atoms with Crippen LogP contribution >= 0.6 is 0 Å². The summed E-state index contributed by atoms with van der Waals surface area (Å²) in [6, 6.07) is 2.21. The minimum absolute atomic E-state index is 0.218. The highest BCUT2D eigenvalue weighted by Gasteiger charge is 2.32. The van der Waals surface area contributed by atoms with Crippen LogP contribution in [-0.2, 0) is 0 Å². The molecule has 0 aromatic carbocycles. The zero-order chi connectivity index (χ0) is 17.0. The summed E-state index contributed by atoms with van der Waals surface area (Å²) < 4.78 is 1.99. The van der Waals surface area contributed by atoms with Crippen molar-refractivity contribution in [2.75, 3.05) is 5.32 Å². The summed E-state index contributed by atoms with van der Waals surface area (Å²) >= 11 is 0. The zero-order valence-electron chi connectivity index (χ0n) is 13.9. The van der Waals surface area contributed by atoms with Crippen LogP contribution in [0.1, 0.15) is 60.6 Å². The number of pyridine rings is 1. The maximum Gasteiger partial charge on any atom is 0.258 e. The molecule has 8 heteroatoms. The normalized spacial score (nSPS) is 18.4. The van der Waals surface area contributed by atoms with Gasteiger partial charge in [-0.1, -0.05) is 0 Å². The van der Waals surface area contributed by atoms with Crippen molar-refractivity contribution in [1.82, 2.24) is 29.9 Å². The van der Waals surface area contributed by atoms with E-state index in [1.54, 1.807) is 6.20 Å². The minimum atomic E-state index is -0.218. The van der Waals surface area contributed by atoms with Gasteiger partial charge in [0.2, 0.25) is 5.95 Å². The summed E-state index contributed by atoms with van der Waals surface area (Å²) in [5, 5.41) is 14.5. The monoisotopic (exact) mass is 337 g/mol. The average molecular weight is 337 g/mol. The Morgan fingerprint density at radius 1 is 1.36 bits per heavy atom. The van der Waals surface area contributed by atoms with Gasteiger partial charge in [0.1, 0.15) is 6.33 Å². The Kier molecular flexibility index (Phi) is 3.13. The molecule has 1 atom stereocenters. The molecule has 0 aliphatic heterocycles. The van der Waals surface area contributed by atoms with Crippen LogP contribution < -0.4 is 5.32 Å². The van der Waals surface area contributed by atoms with Crippen molar-refractivity contribution >= 4 is 22.9 Å². The number of aromatic amines is 1. The first-order chi connectivity index (χ1) is 12.2. The number of amides is 1. The molecule has 3 aromatic rings. The van der Waals surface area contributed by atoms with E-state index in [-0.39, 0.29) is 5.91 Å². The van der Waals surface area contributed by atoms with Crippen molar-refractivity contribution < 1.29 is 4.79 Å². The molecule has 2 aliphatic rings. The molecular weight excluding hydrogens is 318 g/mol. The molecule has 25 heavy (non-hydrogen) atoms. The number of carbonyl (C=O) groups excluding carboxylic acids is 1. The van der Waals surface area contributed by atoms with Gasteiger partial charge in [-0.05, 0) is 44.6 Å². The second-order valence-electron chi connectivity index (χ2n) is 7.06. The second-order valence-corrected chi connectivity index (χ2v) is 7.06. The summed E-state index contributed by atoms with van der Waals surface area (Å²) in [6.45, 7) is 2.18. The Morgan fingerprint density at radius 3 is 2.88 bits per heavy atom. The zero-order valence-corrected chi connectivity index (χ0v) is 13.9. The molecule has 5 rings (SSSR count). The van der Waals surface area contributed by atoms with E-state index in [0.29, 0.717) is 29.4 Å². The first kappa shape index (κ1) is 14.6. The van der Waals surface area contributed by atoms with E-state index in [2.05, 4.69) is 32.5 Å². The van der Waals surface area contributed by atoms with E-state index >= 15 is 0 Å². The lowest BCUT2D eigenvalue weighted by Gasteiger charge is -2.13. The molecule has 0 bridgehead atoms. The topological polar surface area (TPSA) is 101 Å². The van der Waals surface area contributed by atoms with Crippen LogP contribution in [0.5, 0.6) is 0 Å². The van der Waals surface area contributed by atoms with Gasteiger partial charge in [-0.15, -0.1) is 0 Å². The van der Waals surface area contributed by atoms with E-state index in [0.717, 1.165) is 29.6 Å². The van der Waals surface area contributed by atoms with Crippen molar-refractivity contribution in [1.29, 1.82) is 0 Å². The standard InChI is InChI=1S/C17H19N7O/c1-9(10-2-3-10)24-15-13(7-20-24)12(6-14(21-15)11-4-5-11)16(25)22-17-18-8-19-23-17/h6-11H,2-5H2,1H3,(H2,18,19,22,23,25)/t9-/m0/s1. The Labute approximate surface area is 144 Å². The van der Waals surface area contributed by atoms with Gasteiger partial charge in [0.05, 0.1) is 23.2 Å². The molecule has 0 saturated heterocycles. The Morgan fingerprint density at radius 2 is 2.20 bits per heavy atom. The van der Waals surface area contributed by atoms with Gasteiger partial charge >= 0.3 is 0 Å². The van der Waals surface area contributed by atoms with Crippen LogP contribution in [0.15, 0.2) is 18.6 Å². The lowest BCUT2D eigenvalue weighted by atomic mass is 10.1. The number of rotatable bonds is 5. The predicted molar refractivity (Wildman–Crippen MR) is 91.3 cm³/mol. The molecule has 0 radical (unpaired) electrons. The fraction of sp³-hybridized carbons (Fsp3) is 0.471. The minimum Gasteiger partial charge on any atom is -0.291 e. The molecule has 8 nitrogen and oxygen atoms in total. The van der Waals surface area contributed by atoms with Crippen LogP contribution in [-0.4, -0.2) is 35.9 Å². The molecule has 2 saturated carbocycles. The molecule has 2 aliphatic carbocycles. The van der Waals surface area contributed by atoms with Gasteiger partial charge in [-0.25, -0.2) is 14.8 Å². The van der Waals surface area contributed by atoms with Gasteiger partial charge in [-0.3, -0.25) is 10.1 Å². The SMILES string of the molecule is C[C@@H](C1CC1)n1ncc2c(C(=O)Nc3ncn[nH]3)cc(C3CC3)nc21. The van der Waals surface area contributed by atoms with E-state index in [1.807, 2.05) is 10.7 Å². The molecule has 0 unspecified atom stereocenters. The lowest BCUT2D eigenvalue weighted by Crippen LogP contribution is -2.15. The smallest absolute Gasteiger partial charge is 0.258 e. The van der Waals surface area contributed by atoms with Crippen molar-refractivity contribution in [3.63, 3.8) is 0 Å². The summed E-state index contributed by atoms with van der Waals surface area (Å²) in [4.78, 5) is 21.6. The number of nitrogens with zero attached hydrogens (tertiary/aromatic N) is 5. The number of hydrogen-bond acceptors (Lipinski definition) is 5. The van der Waals surface area contributed by atoms with Crippen LogP contribution in [0.4, 0.5) is 5.95 Å². The molecule has 1 amide bonds. The van der Waals surface area contributed by atoms with Crippen LogP contribution in [0.3, 0.4) is 0 Å². The Balaban J connectivity index is 1.60. The largest absolute Gasteiger partial charge is 0.291 e. The van der Waals surface area contributed by atoms with Crippen molar-refractivity contribution in [2.45, 2.75) is 44.6 Å². The average Bonchev–Trinajstić information content (AvgIpc) is 3.54. The van der Waals surface area contributed by atoms with E-state index in [1.165, 1.54) is 19.2 Å². The van der Waals surface area contributed by atoms with E-state index < -0.39 is 0 Å². The molecule has 2 fully saturated rings. The summed E-state index contributed by atoms with van der Waals surface area (Å²) in [5.41, 5.74) is 2.39. The summed E-state index contributed by atoms with van der Waals surface area (Å²) in [6.07, 6.45) is 7.87. The highest BCUT2D eigenvalue weighted by Crippen LogP contribution is 2.42. The van der Waals surface area contributed by atoms with Crippen LogP contribution in [0.25, 0.3) is 11.0 Å². The summed E-state index contributed by atoms with van der Waals surface area (Å²) in [5.74, 6) is 1.24. The Bertz CT molecular complexity index is 937. The third-order valence-electron chi connectivity index (χ3n) is 5.16. The number of hydrogen-bond donors (Lipinski definition) is 2. The number of carbonyl (C=O) groups is 1. The first-order valence-electron chi connectivity index (χ1n) is 8.75. The fourth-order valence-electron chi connectivity index (χ4n) is 3.33. The van der Waals surface area contributed by atoms with Gasteiger partial charge in [0, 0.05) is 11.6 Å². The van der Waals surface area contributed by atoms with Gasteiger partial charge in [-0.2, -0.15) is 15.2 Å². The van der Waals surface area contributed by atoms with Crippen molar-refractivity contribution in [3.8, 4) is 0 Å².